The van der Waals surface area contributed by atoms with E-state index in [1.54, 1.807) is 12.1 Å². The molecule has 0 spiro atoms. The molecule has 1 aromatic rings. The van der Waals surface area contributed by atoms with Gasteiger partial charge < -0.3 is 14.8 Å². The predicted molar refractivity (Wildman–Crippen MR) is 64.2 cm³/mol. The van der Waals surface area contributed by atoms with Gasteiger partial charge in [-0.05, 0) is 18.9 Å². The summed E-state index contributed by atoms with van der Waals surface area (Å²) in [5.41, 5.74) is 1.00. The van der Waals surface area contributed by atoms with E-state index in [9.17, 15) is 9.59 Å². The highest BCUT2D eigenvalue weighted by Gasteiger charge is 2.32. The average molecular weight is 247 g/mol. The van der Waals surface area contributed by atoms with Crippen molar-refractivity contribution in [3.8, 4) is 11.5 Å². The Labute approximate surface area is 104 Å². The maximum Gasteiger partial charge on any atom is 0.211 e. The van der Waals surface area contributed by atoms with Crippen molar-refractivity contribution in [2.45, 2.75) is 12.8 Å². The van der Waals surface area contributed by atoms with E-state index in [0.29, 0.717) is 42.4 Å². The molecule has 1 amide bonds. The Morgan fingerprint density at radius 3 is 2.50 bits per heavy atom. The van der Waals surface area contributed by atoms with Crippen LogP contribution in [0.5, 0.6) is 11.5 Å². The lowest BCUT2D eigenvalue weighted by Gasteiger charge is -2.20. The summed E-state index contributed by atoms with van der Waals surface area (Å²) in [6.07, 6.45) is 2.41. The zero-order valence-corrected chi connectivity index (χ0v) is 9.77. The fourth-order valence-corrected chi connectivity index (χ4v) is 2.04. The summed E-state index contributed by atoms with van der Waals surface area (Å²) in [5.74, 6) is 1.30. The molecule has 1 heterocycles. The van der Waals surface area contributed by atoms with Gasteiger partial charge in [0.2, 0.25) is 6.41 Å². The number of Topliss-reactive ketones (excluding diaryl/α,β-unsaturated/α-hetero) is 1. The van der Waals surface area contributed by atoms with Crippen LogP contribution in [-0.2, 0) is 4.79 Å². The molecule has 0 aromatic heterocycles. The second kappa shape index (κ2) is 4.33. The molecule has 0 unspecified atom stereocenters. The highest BCUT2D eigenvalue weighted by Crippen LogP contribution is 2.40. The van der Waals surface area contributed by atoms with E-state index >= 15 is 0 Å². The number of nitrogens with one attached hydrogen (secondary N) is 1. The first-order valence-corrected chi connectivity index (χ1v) is 5.97. The van der Waals surface area contributed by atoms with Crippen LogP contribution in [0.4, 0.5) is 5.69 Å². The van der Waals surface area contributed by atoms with Gasteiger partial charge in [-0.3, -0.25) is 9.59 Å². The van der Waals surface area contributed by atoms with E-state index < -0.39 is 0 Å². The van der Waals surface area contributed by atoms with Crippen LogP contribution in [0.3, 0.4) is 0 Å². The Morgan fingerprint density at radius 2 is 1.89 bits per heavy atom. The summed E-state index contributed by atoms with van der Waals surface area (Å²) in [7, 11) is 0. The monoisotopic (exact) mass is 247 g/mol. The Bertz CT molecular complexity index is 508. The first-order valence-electron chi connectivity index (χ1n) is 5.97. The minimum Gasteiger partial charge on any atom is -0.486 e. The number of hydrogen-bond donors (Lipinski definition) is 1. The number of ether oxygens (including phenoxy) is 2. The lowest BCUT2D eigenvalue weighted by atomic mass is 10.0. The minimum absolute atomic E-state index is 0.0660. The average Bonchev–Trinajstić information content (AvgIpc) is 3.22. The second-order valence-electron chi connectivity index (χ2n) is 4.44. The number of ketones is 1. The smallest absolute Gasteiger partial charge is 0.211 e. The molecule has 3 rings (SSSR count). The standard InChI is InChI=1S/C13H13NO4/c15-7-14-10-6-12-11(17-3-4-18-12)5-9(10)13(16)8-1-2-8/h5-8H,1-4H2,(H,14,15). The highest BCUT2D eigenvalue weighted by atomic mass is 16.6. The Balaban J connectivity index is 2.03. The normalized spacial score (nSPS) is 17.1. The molecule has 1 aliphatic heterocycles. The van der Waals surface area contributed by atoms with E-state index in [-0.39, 0.29) is 11.7 Å². The number of hydrogen-bond acceptors (Lipinski definition) is 4. The van der Waals surface area contributed by atoms with Crippen molar-refractivity contribution >= 4 is 17.9 Å². The molecule has 0 atom stereocenters. The quantitative estimate of drug-likeness (QED) is 0.648. The van der Waals surface area contributed by atoms with Crippen molar-refractivity contribution in [3.05, 3.63) is 17.7 Å². The van der Waals surface area contributed by atoms with E-state index in [1.165, 1.54) is 0 Å². The van der Waals surface area contributed by atoms with Crippen LogP contribution in [-0.4, -0.2) is 25.4 Å². The van der Waals surface area contributed by atoms with Crippen molar-refractivity contribution in [2.75, 3.05) is 18.5 Å². The lowest BCUT2D eigenvalue weighted by molar-refractivity contribution is -0.105. The SMILES string of the molecule is O=CNc1cc2c(cc1C(=O)C1CC1)OCCO2. The molecule has 1 aliphatic carbocycles. The molecule has 1 fully saturated rings. The van der Waals surface area contributed by atoms with Crippen LogP contribution in [0.15, 0.2) is 12.1 Å². The number of rotatable bonds is 4. The molecule has 0 saturated heterocycles. The number of carbonyl (C=O) groups excluding carboxylic acids is 2. The second-order valence-corrected chi connectivity index (χ2v) is 4.44. The van der Waals surface area contributed by atoms with Crippen LogP contribution in [0, 0.1) is 5.92 Å². The largest absolute Gasteiger partial charge is 0.486 e. The molecule has 1 N–H and O–H groups in total. The summed E-state index contributed by atoms with van der Waals surface area (Å²) < 4.78 is 10.9. The van der Waals surface area contributed by atoms with Crippen molar-refractivity contribution in [1.29, 1.82) is 0 Å². The molecule has 0 radical (unpaired) electrons. The van der Waals surface area contributed by atoms with Gasteiger partial charge in [0.25, 0.3) is 0 Å². The maximum absolute atomic E-state index is 12.1. The summed E-state index contributed by atoms with van der Waals surface area (Å²) in [6, 6.07) is 3.32. The summed E-state index contributed by atoms with van der Waals surface area (Å²) in [5, 5.41) is 2.55. The molecular formula is C13H13NO4. The molecule has 0 bridgehead atoms. The van der Waals surface area contributed by atoms with Gasteiger partial charge in [-0.15, -0.1) is 0 Å². The van der Waals surface area contributed by atoms with Gasteiger partial charge in [0.1, 0.15) is 13.2 Å². The van der Waals surface area contributed by atoms with Crippen LogP contribution >= 0.6 is 0 Å². The fourth-order valence-electron chi connectivity index (χ4n) is 2.04. The molecule has 1 aromatic carbocycles. The van der Waals surface area contributed by atoms with Gasteiger partial charge in [0, 0.05) is 17.5 Å². The molecule has 2 aliphatic rings. The molecular weight excluding hydrogens is 234 g/mol. The van der Waals surface area contributed by atoms with Crippen molar-refractivity contribution in [3.63, 3.8) is 0 Å². The molecule has 5 heteroatoms. The topological polar surface area (TPSA) is 64.6 Å². The third-order valence-electron chi connectivity index (χ3n) is 3.11. The summed E-state index contributed by atoms with van der Waals surface area (Å²) in [4.78, 5) is 22.7. The van der Waals surface area contributed by atoms with Gasteiger partial charge in [-0.25, -0.2) is 0 Å². The van der Waals surface area contributed by atoms with E-state index in [4.69, 9.17) is 9.47 Å². The van der Waals surface area contributed by atoms with Gasteiger partial charge >= 0.3 is 0 Å². The Morgan fingerprint density at radius 1 is 1.22 bits per heavy atom. The molecule has 1 saturated carbocycles. The summed E-state index contributed by atoms with van der Waals surface area (Å²) in [6.45, 7) is 0.952. The van der Waals surface area contributed by atoms with Crippen LogP contribution < -0.4 is 14.8 Å². The predicted octanol–water partition coefficient (Wildman–Crippen LogP) is 1.62. The molecule has 5 nitrogen and oxygen atoms in total. The first kappa shape index (κ1) is 11.1. The minimum atomic E-state index is 0.0660. The van der Waals surface area contributed by atoms with E-state index in [0.717, 1.165) is 12.8 Å². The zero-order valence-electron chi connectivity index (χ0n) is 9.77. The van der Waals surface area contributed by atoms with Crippen molar-refractivity contribution in [2.24, 2.45) is 5.92 Å². The zero-order chi connectivity index (χ0) is 12.5. The van der Waals surface area contributed by atoms with Crippen molar-refractivity contribution < 1.29 is 19.1 Å². The third kappa shape index (κ3) is 1.92. The number of amides is 1. The Kier molecular flexibility index (Phi) is 2.66. The third-order valence-corrected chi connectivity index (χ3v) is 3.11. The van der Waals surface area contributed by atoms with Crippen LogP contribution in [0.2, 0.25) is 0 Å². The first-order chi connectivity index (χ1) is 8.79. The number of benzene rings is 1. The van der Waals surface area contributed by atoms with E-state index in [2.05, 4.69) is 5.32 Å². The fraction of sp³-hybridized carbons (Fsp3) is 0.385. The number of anilines is 1. The van der Waals surface area contributed by atoms with Crippen molar-refractivity contribution in [1.82, 2.24) is 0 Å². The van der Waals surface area contributed by atoms with Gasteiger partial charge in [-0.2, -0.15) is 0 Å². The lowest BCUT2D eigenvalue weighted by Crippen LogP contribution is -2.17. The number of carbonyl (C=O) groups is 2. The molecule has 94 valence electrons. The van der Waals surface area contributed by atoms with Crippen LogP contribution in [0.25, 0.3) is 0 Å². The van der Waals surface area contributed by atoms with Gasteiger partial charge in [-0.1, -0.05) is 0 Å². The van der Waals surface area contributed by atoms with Gasteiger partial charge in [0.05, 0.1) is 5.69 Å². The molecule has 18 heavy (non-hydrogen) atoms. The van der Waals surface area contributed by atoms with Crippen LogP contribution in [0.1, 0.15) is 23.2 Å². The van der Waals surface area contributed by atoms with E-state index in [1.807, 2.05) is 0 Å². The maximum atomic E-state index is 12.1. The summed E-state index contributed by atoms with van der Waals surface area (Å²) >= 11 is 0. The number of fused-ring (bicyclic) bond motifs is 1. The highest BCUT2D eigenvalue weighted by molar-refractivity contribution is 6.05. The van der Waals surface area contributed by atoms with Gasteiger partial charge in [0.15, 0.2) is 17.3 Å². The Hall–Kier alpha value is -2.04.